The first kappa shape index (κ1) is 21.5. The lowest BCUT2D eigenvalue weighted by Crippen LogP contribution is -2.41. The summed E-state index contributed by atoms with van der Waals surface area (Å²) in [6, 6.07) is 0. The van der Waals surface area contributed by atoms with Crippen molar-refractivity contribution in [2.75, 3.05) is 52.4 Å². The van der Waals surface area contributed by atoms with Crippen LogP contribution >= 0.6 is 0 Å². The number of rotatable bonds is 9. The number of aliphatic hydroxyl groups excluding tert-OH is 1. The third kappa shape index (κ3) is 7.43. The zero-order valence-corrected chi connectivity index (χ0v) is 17.4. The molecule has 26 heavy (non-hydrogen) atoms. The number of hydrogen-bond acceptors (Lipinski definition) is 3. The van der Waals surface area contributed by atoms with Crippen LogP contribution in [0.1, 0.15) is 59.3 Å². The number of hydrogen-bond donors (Lipinski definition) is 2. The topological polar surface area (TPSA) is 51.1 Å². The van der Waals surface area contributed by atoms with Gasteiger partial charge in [0.25, 0.3) is 0 Å². The van der Waals surface area contributed by atoms with Crippen molar-refractivity contribution in [1.82, 2.24) is 15.1 Å². The van der Waals surface area contributed by atoms with Gasteiger partial charge in [0, 0.05) is 39.3 Å². The normalized spacial score (nSPS) is 23.7. The minimum Gasteiger partial charge on any atom is -0.396 e. The predicted molar refractivity (Wildman–Crippen MR) is 111 cm³/mol. The second-order valence-corrected chi connectivity index (χ2v) is 8.66. The van der Waals surface area contributed by atoms with Gasteiger partial charge in [-0.1, -0.05) is 20.3 Å². The molecular formula is C21H42N4O. The molecule has 2 aliphatic heterocycles. The van der Waals surface area contributed by atoms with Crippen LogP contribution in [0.5, 0.6) is 0 Å². The van der Waals surface area contributed by atoms with E-state index in [4.69, 9.17) is 4.99 Å². The van der Waals surface area contributed by atoms with Gasteiger partial charge >= 0.3 is 0 Å². The largest absolute Gasteiger partial charge is 0.396 e. The molecular weight excluding hydrogens is 324 g/mol. The molecule has 0 aromatic carbocycles. The predicted octanol–water partition coefficient (Wildman–Crippen LogP) is 2.80. The van der Waals surface area contributed by atoms with E-state index >= 15 is 0 Å². The Morgan fingerprint density at radius 2 is 1.96 bits per heavy atom. The molecule has 2 unspecified atom stereocenters. The van der Waals surface area contributed by atoms with E-state index in [1.54, 1.807) is 0 Å². The van der Waals surface area contributed by atoms with E-state index in [0.29, 0.717) is 11.8 Å². The molecule has 2 saturated heterocycles. The highest BCUT2D eigenvalue weighted by Crippen LogP contribution is 2.21. The molecule has 5 nitrogen and oxygen atoms in total. The van der Waals surface area contributed by atoms with E-state index in [1.807, 2.05) is 0 Å². The molecule has 2 heterocycles. The number of nitrogens with zero attached hydrogens (tertiary/aromatic N) is 3. The number of piperidine rings is 1. The first-order valence-electron chi connectivity index (χ1n) is 11.0. The highest BCUT2D eigenvalue weighted by Gasteiger charge is 2.27. The van der Waals surface area contributed by atoms with Gasteiger partial charge in [0.15, 0.2) is 5.96 Å². The maximum Gasteiger partial charge on any atom is 0.193 e. The Kier molecular flexibility index (Phi) is 9.76. The summed E-state index contributed by atoms with van der Waals surface area (Å²) < 4.78 is 0. The summed E-state index contributed by atoms with van der Waals surface area (Å²) in [5.74, 6) is 3.01. The van der Waals surface area contributed by atoms with Crippen molar-refractivity contribution in [1.29, 1.82) is 0 Å². The van der Waals surface area contributed by atoms with Crippen molar-refractivity contribution in [3.05, 3.63) is 0 Å². The molecule has 0 amide bonds. The number of aliphatic hydroxyl groups is 1. The zero-order chi connectivity index (χ0) is 18.8. The van der Waals surface area contributed by atoms with Crippen LogP contribution in [0.4, 0.5) is 0 Å². The standard InChI is InChI=1S/C21H42N4O/c1-4-22-21(23-15-19(9-13-26)14-18(2)3)25-12-8-20(17-25)16-24-10-6-5-7-11-24/h18-20,26H,4-17H2,1-3H3,(H,22,23). The van der Waals surface area contributed by atoms with Crippen molar-refractivity contribution >= 4 is 5.96 Å². The van der Waals surface area contributed by atoms with E-state index in [9.17, 15) is 5.11 Å². The molecule has 5 heteroatoms. The fraction of sp³-hybridized carbons (Fsp3) is 0.952. The van der Waals surface area contributed by atoms with Gasteiger partial charge in [-0.25, -0.2) is 0 Å². The molecule has 2 fully saturated rings. The summed E-state index contributed by atoms with van der Waals surface area (Å²) >= 11 is 0. The molecule has 0 aromatic rings. The van der Waals surface area contributed by atoms with Gasteiger partial charge < -0.3 is 20.2 Å². The lowest BCUT2D eigenvalue weighted by molar-refractivity contribution is 0.198. The summed E-state index contributed by atoms with van der Waals surface area (Å²) in [7, 11) is 0. The monoisotopic (exact) mass is 366 g/mol. The molecule has 2 rings (SSSR count). The molecule has 0 bridgehead atoms. The van der Waals surface area contributed by atoms with Crippen molar-refractivity contribution < 1.29 is 5.11 Å². The molecule has 2 N–H and O–H groups in total. The Morgan fingerprint density at radius 3 is 2.62 bits per heavy atom. The Labute approximate surface area is 161 Å². The number of likely N-dealkylation sites (tertiary alicyclic amines) is 2. The van der Waals surface area contributed by atoms with E-state index < -0.39 is 0 Å². The van der Waals surface area contributed by atoms with E-state index in [0.717, 1.165) is 50.9 Å². The highest BCUT2D eigenvalue weighted by molar-refractivity contribution is 5.80. The quantitative estimate of drug-likeness (QED) is 0.487. The Bertz CT molecular complexity index is 407. The number of nitrogens with one attached hydrogen (secondary N) is 1. The highest BCUT2D eigenvalue weighted by atomic mass is 16.3. The van der Waals surface area contributed by atoms with Crippen molar-refractivity contribution in [3.63, 3.8) is 0 Å². The van der Waals surface area contributed by atoms with Crippen LogP contribution in [-0.4, -0.2) is 73.3 Å². The van der Waals surface area contributed by atoms with Crippen molar-refractivity contribution in [2.24, 2.45) is 22.7 Å². The Hall–Kier alpha value is -0.810. The fourth-order valence-electron chi connectivity index (χ4n) is 4.46. The van der Waals surface area contributed by atoms with Gasteiger partial charge in [0.1, 0.15) is 0 Å². The van der Waals surface area contributed by atoms with Crippen LogP contribution < -0.4 is 5.32 Å². The van der Waals surface area contributed by atoms with E-state index in [-0.39, 0.29) is 6.61 Å². The van der Waals surface area contributed by atoms with Crippen molar-refractivity contribution in [3.8, 4) is 0 Å². The van der Waals surface area contributed by atoms with Crippen LogP contribution in [0, 0.1) is 17.8 Å². The van der Waals surface area contributed by atoms with Crippen LogP contribution in [-0.2, 0) is 0 Å². The Balaban J connectivity index is 1.87. The first-order chi connectivity index (χ1) is 12.6. The second kappa shape index (κ2) is 11.8. The summed E-state index contributed by atoms with van der Waals surface area (Å²) in [5, 5.41) is 12.8. The molecule has 152 valence electrons. The van der Waals surface area contributed by atoms with Gasteiger partial charge in [-0.15, -0.1) is 0 Å². The molecule has 2 aliphatic rings. The smallest absolute Gasteiger partial charge is 0.193 e. The first-order valence-corrected chi connectivity index (χ1v) is 11.0. The maximum absolute atomic E-state index is 9.34. The van der Waals surface area contributed by atoms with Gasteiger partial charge in [-0.05, 0) is 69.9 Å². The SMILES string of the molecule is CCNC(=NCC(CCO)CC(C)C)N1CCC(CN2CCCCC2)C1. The summed E-state index contributed by atoms with van der Waals surface area (Å²) in [6.45, 7) is 14.8. The van der Waals surface area contributed by atoms with Crippen LogP contribution in [0.2, 0.25) is 0 Å². The van der Waals surface area contributed by atoms with Gasteiger partial charge in [-0.3, -0.25) is 4.99 Å². The molecule has 0 saturated carbocycles. The third-order valence-corrected chi connectivity index (χ3v) is 5.73. The van der Waals surface area contributed by atoms with Gasteiger partial charge in [0.2, 0.25) is 0 Å². The van der Waals surface area contributed by atoms with Crippen LogP contribution in [0.3, 0.4) is 0 Å². The molecule has 2 atom stereocenters. The molecule has 0 aliphatic carbocycles. The fourth-order valence-corrected chi connectivity index (χ4v) is 4.46. The van der Waals surface area contributed by atoms with E-state index in [1.165, 1.54) is 45.3 Å². The van der Waals surface area contributed by atoms with Crippen molar-refractivity contribution in [2.45, 2.75) is 59.3 Å². The summed E-state index contributed by atoms with van der Waals surface area (Å²) in [4.78, 5) is 10.1. The lowest BCUT2D eigenvalue weighted by Gasteiger charge is -2.29. The maximum atomic E-state index is 9.34. The molecule has 0 spiro atoms. The second-order valence-electron chi connectivity index (χ2n) is 8.66. The number of aliphatic imine (C=N–C) groups is 1. The summed E-state index contributed by atoms with van der Waals surface area (Å²) in [6.07, 6.45) is 7.45. The summed E-state index contributed by atoms with van der Waals surface area (Å²) in [5.41, 5.74) is 0. The van der Waals surface area contributed by atoms with Crippen LogP contribution in [0.25, 0.3) is 0 Å². The zero-order valence-electron chi connectivity index (χ0n) is 17.4. The lowest BCUT2D eigenvalue weighted by atomic mass is 9.94. The van der Waals surface area contributed by atoms with E-state index in [2.05, 4.69) is 35.9 Å². The Morgan fingerprint density at radius 1 is 1.19 bits per heavy atom. The number of guanidine groups is 1. The third-order valence-electron chi connectivity index (χ3n) is 5.73. The van der Waals surface area contributed by atoms with Gasteiger partial charge in [0.05, 0.1) is 0 Å². The average molecular weight is 367 g/mol. The molecule has 0 radical (unpaired) electrons. The molecule has 0 aromatic heterocycles. The van der Waals surface area contributed by atoms with Crippen LogP contribution in [0.15, 0.2) is 4.99 Å². The van der Waals surface area contributed by atoms with Gasteiger partial charge in [-0.2, -0.15) is 0 Å². The minimum absolute atomic E-state index is 0.269. The average Bonchev–Trinajstić information content (AvgIpc) is 3.07. The minimum atomic E-state index is 0.269.